The Bertz CT molecular complexity index is 586. The van der Waals surface area contributed by atoms with E-state index < -0.39 is 5.82 Å². The Kier molecular flexibility index (Phi) is 5.12. The highest BCUT2D eigenvalue weighted by molar-refractivity contribution is 6.31. The molecule has 0 saturated carbocycles. The molecule has 1 atom stereocenters. The van der Waals surface area contributed by atoms with Crippen molar-refractivity contribution < 1.29 is 4.39 Å². The fraction of sp³-hybridized carbons (Fsp3) is 0.250. The molecule has 2 nitrogen and oxygen atoms in total. The number of nitrogens with two attached hydrogens (primary N) is 1. The third-order valence-corrected chi connectivity index (χ3v) is 3.72. The number of aryl methyl sites for hydroxylation is 1. The van der Waals surface area contributed by atoms with Crippen LogP contribution >= 0.6 is 11.6 Å². The highest BCUT2D eigenvalue weighted by Gasteiger charge is 2.13. The molecule has 0 spiro atoms. The van der Waals surface area contributed by atoms with Crippen LogP contribution in [-0.4, -0.2) is 6.04 Å². The van der Waals surface area contributed by atoms with Gasteiger partial charge in [-0.25, -0.2) is 4.39 Å². The zero-order valence-electron chi connectivity index (χ0n) is 11.4. The lowest BCUT2D eigenvalue weighted by Gasteiger charge is -2.17. The highest BCUT2D eigenvalue weighted by atomic mass is 35.5. The Morgan fingerprint density at radius 3 is 2.65 bits per heavy atom. The standard InChI is InChI=1S/C16H18ClFN2/c1-11-4-2-5-12(8-11)9-14(20-19)10-13-6-3-7-15(18)16(13)17/h2-8,14,20H,9-10,19H2,1H3. The SMILES string of the molecule is Cc1cccc(CC(Cc2cccc(F)c2Cl)NN)c1. The summed E-state index contributed by atoms with van der Waals surface area (Å²) in [4.78, 5) is 0. The van der Waals surface area contributed by atoms with Crippen molar-refractivity contribution in [2.75, 3.05) is 0 Å². The number of hydrazine groups is 1. The van der Waals surface area contributed by atoms with Crippen LogP contribution in [-0.2, 0) is 12.8 Å². The molecule has 2 rings (SSSR count). The maximum absolute atomic E-state index is 13.4. The second-order valence-corrected chi connectivity index (χ2v) is 5.35. The summed E-state index contributed by atoms with van der Waals surface area (Å²) in [6.07, 6.45) is 1.35. The third kappa shape index (κ3) is 3.79. The van der Waals surface area contributed by atoms with Gasteiger partial charge in [0.15, 0.2) is 0 Å². The lowest BCUT2D eigenvalue weighted by Crippen LogP contribution is -2.38. The van der Waals surface area contributed by atoms with Crippen molar-refractivity contribution in [3.8, 4) is 0 Å². The topological polar surface area (TPSA) is 38.0 Å². The monoisotopic (exact) mass is 292 g/mol. The lowest BCUT2D eigenvalue weighted by molar-refractivity contribution is 0.520. The molecule has 0 aliphatic heterocycles. The highest BCUT2D eigenvalue weighted by Crippen LogP contribution is 2.21. The molecule has 0 radical (unpaired) electrons. The van der Waals surface area contributed by atoms with E-state index in [4.69, 9.17) is 17.4 Å². The summed E-state index contributed by atoms with van der Waals surface area (Å²) < 4.78 is 13.4. The Labute approximate surface area is 123 Å². The number of rotatable bonds is 5. The zero-order valence-corrected chi connectivity index (χ0v) is 12.1. The van der Waals surface area contributed by atoms with E-state index in [9.17, 15) is 4.39 Å². The van der Waals surface area contributed by atoms with Gasteiger partial charge in [-0.1, -0.05) is 53.6 Å². The first-order valence-corrected chi connectivity index (χ1v) is 6.92. The van der Waals surface area contributed by atoms with Gasteiger partial charge in [-0.2, -0.15) is 0 Å². The molecule has 0 amide bonds. The summed E-state index contributed by atoms with van der Waals surface area (Å²) in [5, 5.41) is 0.178. The smallest absolute Gasteiger partial charge is 0.142 e. The van der Waals surface area contributed by atoms with E-state index in [0.717, 1.165) is 12.0 Å². The van der Waals surface area contributed by atoms with Gasteiger partial charge in [0, 0.05) is 6.04 Å². The largest absolute Gasteiger partial charge is 0.271 e. The molecule has 0 aromatic heterocycles. The van der Waals surface area contributed by atoms with Crippen molar-refractivity contribution in [1.29, 1.82) is 0 Å². The van der Waals surface area contributed by atoms with Gasteiger partial charge in [0.25, 0.3) is 0 Å². The van der Waals surface area contributed by atoms with Crippen molar-refractivity contribution in [3.05, 3.63) is 70.0 Å². The number of nitrogens with one attached hydrogen (secondary N) is 1. The summed E-state index contributed by atoms with van der Waals surface area (Å²) >= 11 is 5.98. The van der Waals surface area contributed by atoms with Crippen molar-refractivity contribution in [2.24, 2.45) is 5.84 Å². The predicted octanol–water partition coefficient (Wildman–Crippen LogP) is 3.40. The lowest BCUT2D eigenvalue weighted by atomic mass is 9.98. The average molecular weight is 293 g/mol. The average Bonchev–Trinajstić information content (AvgIpc) is 2.43. The van der Waals surface area contributed by atoms with Gasteiger partial charge in [-0.05, 0) is 37.0 Å². The molecule has 2 aromatic rings. The van der Waals surface area contributed by atoms with Crippen LogP contribution in [0.1, 0.15) is 16.7 Å². The molecule has 3 N–H and O–H groups in total. The first kappa shape index (κ1) is 15.0. The molecule has 0 heterocycles. The van der Waals surface area contributed by atoms with Crippen LogP contribution in [0.5, 0.6) is 0 Å². The number of hydrogen-bond acceptors (Lipinski definition) is 2. The first-order valence-electron chi connectivity index (χ1n) is 6.54. The van der Waals surface area contributed by atoms with E-state index in [2.05, 4.69) is 30.5 Å². The van der Waals surface area contributed by atoms with Crippen LogP contribution in [0.4, 0.5) is 4.39 Å². The van der Waals surface area contributed by atoms with Crippen LogP contribution in [0.15, 0.2) is 42.5 Å². The first-order chi connectivity index (χ1) is 9.60. The van der Waals surface area contributed by atoms with Gasteiger partial charge in [0.05, 0.1) is 5.02 Å². The summed E-state index contributed by atoms with van der Waals surface area (Å²) in [7, 11) is 0. The van der Waals surface area contributed by atoms with Crippen molar-refractivity contribution in [3.63, 3.8) is 0 Å². The van der Waals surface area contributed by atoms with E-state index in [1.165, 1.54) is 17.2 Å². The molecule has 0 aliphatic rings. The van der Waals surface area contributed by atoms with Gasteiger partial charge >= 0.3 is 0 Å². The molecule has 0 saturated heterocycles. The van der Waals surface area contributed by atoms with Crippen molar-refractivity contribution in [2.45, 2.75) is 25.8 Å². The minimum absolute atomic E-state index is 0.0103. The second kappa shape index (κ2) is 6.84. The molecule has 20 heavy (non-hydrogen) atoms. The van der Waals surface area contributed by atoms with E-state index in [1.54, 1.807) is 6.07 Å². The molecule has 0 bridgehead atoms. The molecule has 2 aromatic carbocycles. The number of halogens is 2. The maximum atomic E-state index is 13.4. The molecule has 0 fully saturated rings. The maximum Gasteiger partial charge on any atom is 0.142 e. The summed E-state index contributed by atoms with van der Waals surface area (Å²) in [5.74, 6) is 5.21. The Morgan fingerprint density at radius 2 is 1.95 bits per heavy atom. The van der Waals surface area contributed by atoms with Gasteiger partial charge < -0.3 is 0 Å². The fourth-order valence-corrected chi connectivity index (χ4v) is 2.49. The second-order valence-electron chi connectivity index (χ2n) is 4.97. The quantitative estimate of drug-likeness (QED) is 0.655. The molecule has 4 heteroatoms. The molecule has 0 aliphatic carbocycles. The number of benzene rings is 2. The molecule has 1 unspecified atom stereocenters. The van der Waals surface area contributed by atoms with Gasteiger partial charge in [0.1, 0.15) is 5.82 Å². The predicted molar refractivity (Wildman–Crippen MR) is 81.1 cm³/mol. The summed E-state index contributed by atoms with van der Waals surface area (Å²) in [6, 6.07) is 13.1. The Hall–Kier alpha value is -1.42. The normalized spacial score (nSPS) is 12.4. The van der Waals surface area contributed by atoms with E-state index >= 15 is 0 Å². The van der Waals surface area contributed by atoms with E-state index in [1.807, 2.05) is 12.1 Å². The Balaban J connectivity index is 2.11. The fourth-order valence-electron chi connectivity index (χ4n) is 2.29. The van der Waals surface area contributed by atoms with Crippen LogP contribution in [0, 0.1) is 12.7 Å². The zero-order chi connectivity index (χ0) is 14.5. The van der Waals surface area contributed by atoms with E-state index in [0.29, 0.717) is 6.42 Å². The van der Waals surface area contributed by atoms with Gasteiger partial charge in [0.2, 0.25) is 0 Å². The molecule has 106 valence electrons. The van der Waals surface area contributed by atoms with Gasteiger partial charge in [-0.3, -0.25) is 11.3 Å². The summed E-state index contributed by atoms with van der Waals surface area (Å²) in [6.45, 7) is 2.05. The minimum Gasteiger partial charge on any atom is -0.271 e. The number of hydrogen-bond donors (Lipinski definition) is 2. The van der Waals surface area contributed by atoms with Crippen LogP contribution < -0.4 is 11.3 Å². The van der Waals surface area contributed by atoms with Crippen molar-refractivity contribution >= 4 is 11.6 Å². The summed E-state index contributed by atoms with van der Waals surface area (Å²) in [5.41, 5.74) is 5.96. The van der Waals surface area contributed by atoms with Crippen molar-refractivity contribution in [1.82, 2.24) is 5.43 Å². The van der Waals surface area contributed by atoms with Gasteiger partial charge in [-0.15, -0.1) is 0 Å². The van der Waals surface area contributed by atoms with E-state index in [-0.39, 0.29) is 11.1 Å². The third-order valence-electron chi connectivity index (χ3n) is 3.30. The molecular weight excluding hydrogens is 275 g/mol. The van der Waals surface area contributed by atoms with Crippen LogP contribution in [0.3, 0.4) is 0 Å². The minimum atomic E-state index is -0.393. The molecular formula is C16H18ClFN2. The Morgan fingerprint density at radius 1 is 1.20 bits per heavy atom. The van der Waals surface area contributed by atoms with Crippen LogP contribution in [0.2, 0.25) is 5.02 Å². The van der Waals surface area contributed by atoms with Crippen LogP contribution in [0.25, 0.3) is 0 Å².